The van der Waals surface area contributed by atoms with Crippen molar-refractivity contribution in [2.24, 2.45) is 29.2 Å². The largest absolute Gasteiger partial charge is 0.508 e. The highest BCUT2D eigenvalue weighted by Gasteiger charge is 2.53. The van der Waals surface area contributed by atoms with Gasteiger partial charge in [-0.2, -0.15) is 0 Å². The molecule has 0 saturated carbocycles. The molecule has 21 N–H and O–H groups in total. The summed E-state index contributed by atoms with van der Waals surface area (Å²) in [7, 11) is 0. The zero-order valence-corrected chi connectivity index (χ0v) is 68.8. The number of aromatic amines is 1. The maximum Gasteiger partial charge on any atom is 0.330 e. The highest BCUT2D eigenvalue weighted by Crippen LogP contribution is 2.51. The summed E-state index contributed by atoms with van der Waals surface area (Å²) in [6.45, 7) is 7.35. The standard InChI is InChI=1S/C86H99Cl2N7O28/c1-6-37(21-35(2)3)79(110)94-67-54(100)25-43(28-62(89)102)80(111)92-65-42-26-59(117-56-19-16-39(69(67)103)23-49(56)87)76(122-85-74(108)72(106)77(61(34-96)120-85)123-84-73(107)71(105)70(104)58(119-84)14-10-7-11-41-33-91-51-13-9-8-12-45(41)51)60(27-42)118-57-20-17-40(24-50(57)88)75(121-63-32-86(5,90)78(109)36(4)116-63)68-82(113)93-66(83(114)115)48-29-44(97)30-53(99)64(48)47-22-38(15-18-52(47)98)46(31-55(65)101)81(112)95-68/h8-9,12-13,15-20,22-24,26-27,29-30,33,35-37,43,46,58,61,63,65-75,77-78,84-85,91,96-99,103-109H,6-7,10-11,14,21,25,28,31-32,34,90H2,1-5H3,(H2,89,102)(H,92,111)(H,93,113)(H,94,110)(H,95,112)(H,114,115)/t36-,37+,43-,46+,58+,61+,63?,65+,66+,67-,68-,69+,70-,71-,72+,73+,74+,75+,77+,78-,84-,85-,86-/m0/s1. The lowest BCUT2D eigenvalue weighted by molar-refractivity contribution is -0.351. The Hall–Kier alpha value is -10.2. The molecule has 5 amide bonds. The molecule has 9 heterocycles. The van der Waals surface area contributed by atoms with Gasteiger partial charge < -0.3 is 137 Å². The van der Waals surface area contributed by atoms with E-state index in [0.29, 0.717) is 25.7 Å². The number of aliphatic carboxylic acids is 1. The van der Waals surface area contributed by atoms with E-state index in [-0.39, 0.29) is 52.6 Å². The number of hydrogen-bond donors (Lipinski definition) is 19. The number of carboxylic acids is 1. The van der Waals surface area contributed by atoms with Crippen molar-refractivity contribution in [3.05, 3.63) is 153 Å². The van der Waals surface area contributed by atoms with Crippen molar-refractivity contribution in [1.82, 2.24) is 26.3 Å². The second-order valence-corrected chi connectivity index (χ2v) is 33.6. The number of rotatable bonds is 20. The summed E-state index contributed by atoms with van der Waals surface area (Å²) in [5.74, 6) is -19.6. The normalized spacial score (nSPS) is 30.3. The monoisotopic (exact) mass is 1750 g/mol. The zero-order valence-electron chi connectivity index (χ0n) is 67.3. The Morgan fingerprint density at radius 3 is 2.02 bits per heavy atom. The van der Waals surface area contributed by atoms with Crippen LogP contribution in [0.5, 0.6) is 46.0 Å². The van der Waals surface area contributed by atoms with Crippen molar-refractivity contribution in [1.29, 1.82) is 0 Å². The van der Waals surface area contributed by atoms with Gasteiger partial charge in [0.25, 0.3) is 0 Å². The molecule has 1 aromatic heterocycles. The van der Waals surface area contributed by atoms with Gasteiger partial charge in [-0.05, 0) is 140 Å². The van der Waals surface area contributed by atoms with Crippen LogP contribution >= 0.6 is 23.2 Å². The number of halogens is 2. The number of carbonyl (C=O) groups excluding carboxylic acids is 7. The smallest absolute Gasteiger partial charge is 0.330 e. The summed E-state index contributed by atoms with van der Waals surface area (Å²) in [5.41, 5.74) is 10.6. The molecule has 8 aliphatic heterocycles. The molecule has 15 rings (SSSR count). The molecule has 0 aliphatic carbocycles. The quantitative estimate of drug-likeness (QED) is 0.0433. The number of ether oxygens (including phenoxy) is 8. The molecule has 0 spiro atoms. The molecule has 11 bridgehead atoms. The van der Waals surface area contributed by atoms with Gasteiger partial charge in [0, 0.05) is 77.0 Å². The van der Waals surface area contributed by atoms with Crippen LogP contribution in [-0.4, -0.2) is 217 Å². The number of aliphatic hydroxyl groups is 8. The third-order valence-corrected chi connectivity index (χ3v) is 24.0. The number of carboxylic acid groups (broad SMARTS) is 1. The van der Waals surface area contributed by atoms with E-state index in [0.717, 1.165) is 65.0 Å². The Morgan fingerprint density at radius 1 is 0.691 bits per heavy atom. The van der Waals surface area contributed by atoms with E-state index in [1.807, 2.05) is 44.3 Å². The van der Waals surface area contributed by atoms with Crippen molar-refractivity contribution >= 4 is 81.2 Å². The molecule has 123 heavy (non-hydrogen) atoms. The topological polar surface area (TPSA) is 569 Å². The number of amides is 5. The van der Waals surface area contributed by atoms with E-state index in [4.69, 9.17) is 72.6 Å². The Bertz CT molecular complexity index is 5150. The lowest BCUT2D eigenvalue weighted by atomic mass is 9.84. The summed E-state index contributed by atoms with van der Waals surface area (Å²) in [5, 5.41) is 150. The molecule has 3 saturated heterocycles. The van der Waals surface area contributed by atoms with Gasteiger partial charge in [-0.15, -0.1) is 0 Å². The van der Waals surface area contributed by atoms with Gasteiger partial charge >= 0.3 is 5.97 Å². The maximum absolute atomic E-state index is 16.6. The molecule has 8 aliphatic rings. The third-order valence-electron chi connectivity index (χ3n) is 23.4. The lowest BCUT2D eigenvalue weighted by Gasteiger charge is -2.46. The van der Waals surface area contributed by atoms with Gasteiger partial charge in [0.05, 0.1) is 46.8 Å². The number of fused-ring (bicyclic) bond motifs is 16. The Morgan fingerprint density at radius 2 is 1.36 bits per heavy atom. The van der Waals surface area contributed by atoms with Crippen LogP contribution in [0.1, 0.15) is 156 Å². The summed E-state index contributed by atoms with van der Waals surface area (Å²) in [4.78, 5) is 124. The average molecular weight is 1750 g/mol. The first-order valence-corrected chi connectivity index (χ1v) is 41.1. The molecular formula is C86H99Cl2N7O28. The highest BCUT2D eigenvalue weighted by molar-refractivity contribution is 6.32. The summed E-state index contributed by atoms with van der Waals surface area (Å²) in [6, 6.07) is 13.3. The second-order valence-electron chi connectivity index (χ2n) is 32.8. The summed E-state index contributed by atoms with van der Waals surface area (Å²) in [6.07, 6.45) is -26.1. The fourth-order valence-electron chi connectivity index (χ4n) is 16.8. The maximum atomic E-state index is 16.6. The number of para-hydroxylation sites is 1. The number of phenolic OH excluding ortho intramolecular Hbond substituents is 3. The second kappa shape index (κ2) is 37.7. The first-order valence-electron chi connectivity index (χ1n) is 40.4. The molecule has 7 aromatic rings. The van der Waals surface area contributed by atoms with Crippen LogP contribution in [0.15, 0.2) is 109 Å². The van der Waals surface area contributed by atoms with E-state index < -0.39 is 280 Å². The number of hydrogen-bond acceptors (Lipinski definition) is 28. The minimum absolute atomic E-state index is 0.0418. The first-order chi connectivity index (χ1) is 58.4. The predicted molar refractivity (Wildman–Crippen MR) is 434 cm³/mol. The van der Waals surface area contributed by atoms with Crippen molar-refractivity contribution < 1.29 is 138 Å². The average Bonchev–Trinajstić information content (AvgIpc) is 1.09. The van der Waals surface area contributed by atoms with Gasteiger partial charge in [0.15, 0.2) is 41.7 Å². The van der Waals surface area contributed by atoms with Gasteiger partial charge in [0.1, 0.15) is 102 Å². The first kappa shape index (κ1) is 90.6. The van der Waals surface area contributed by atoms with Crippen molar-refractivity contribution in [2.75, 3.05) is 6.61 Å². The Balaban J connectivity index is 0.975. The number of aromatic hydroxyl groups is 3. The van der Waals surface area contributed by atoms with Crippen molar-refractivity contribution in [2.45, 2.75) is 227 Å². The summed E-state index contributed by atoms with van der Waals surface area (Å²) >= 11 is 14.6. The predicted octanol–water partition coefficient (Wildman–Crippen LogP) is 5.25. The fourth-order valence-corrected chi connectivity index (χ4v) is 17.3. The van der Waals surface area contributed by atoms with Crippen LogP contribution < -0.4 is 46.9 Å². The highest BCUT2D eigenvalue weighted by atomic mass is 35.5. The SMILES string of the molecule is CC[C@H](CC(C)C)C(=O)N[C@H]1C(=O)C[C@@H](CC(N)=O)C(=O)N[C@H]2C(=O)C[C@H]3C(=O)N[C@H](C(=O)N[C@@H](C(=O)O)c4cc(O)cc(O)c4-c4cc3ccc4O)[C@H](OC3C[C@](C)(N)[C@@H](O)[C@H](C)O3)c3ccc(c(Cl)c3)Oc3cc2cc(c3O[C@@H]2O[C@H](CO)[C@@H](O[C@@H]3O[C@H](CCCCc4c[nH]c5ccccc45)[C@H](O)[C@H](O)[C@H]3O)[C@H](O)[C@H]2O)Oc2ccc(cc2Cl)[C@H]1O. The number of unbranched alkanes of at least 4 members (excludes halogenated alkanes) is 1. The number of phenols is 3. The molecule has 35 nitrogen and oxygen atoms in total. The molecule has 660 valence electrons. The van der Waals surface area contributed by atoms with E-state index in [1.165, 1.54) is 44.2 Å². The van der Waals surface area contributed by atoms with Gasteiger partial charge in [0.2, 0.25) is 41.6 Å². The van der Waals surface area contributed by atoms with Crippen LogP contribution in [0.4, 0.5) is 0 Å². The fraction of sp³-hybridized carbons (Fsp3) is 0.465. The van der Waals surface area contributed by atoms with Crippen LogP contribution in [0.3, 0.4) is 0 Å². The Kier molecular flexibility index (Phi) is 27.8. The Labute approximate surface area is 713 Å². The number of aromatic nitrogens is 1. The molecule has 3 fully saturated rings. The minimum Gasteiger partial charge on any atom is -0.508 e. The molecule has 23 atom stereocenters. The van der Waals surface area contributed by atoms with Crippen LogP contribution in [0, 0.1) is 17.8 Å². The molecule has 6 aromatic carbocycles. The number of carbonyl (C=O) groups is 8. The van der Waals surface area contributed by atoms with Crippen LogP contribution in [0.2, 0.25) is 10.0 Å². The van der Waals surface area contributed by atoms with Gasteiger partial charge in [-0.3, -0.25) is 33.6 Å². The number of aryl methyl sites for hydroxylation is 1. The molecular weight excluding hydrogens is 1650 g/mol. The number of nitrogens with one attached hydrogen (secondary N) is 5. The number of ketones is 2. The van der Waals surface area contributed by atoms with Crippen LogP contribution in [0.25, 0.3) is 22.0 Å². The molecule has 1 unspecified atom stereocenters. The number of primary amides is 1. The van der Waals surface area contributed by atoms with E-state index in [1.54, 1.807) is 6.92 Å². The number of nitrogens with two attached hydrogens (primary N) is 2. The van der Waals surface area contributed by atoms with Gasteiger partial charge in [-0.1, -0.05) is 86.8 Å². The van der Waals surface area contributed by atoms with E-state index in [2.05, 4.69) is 26.3 Å². The van der Waals surface area contributed by atoms with Crippen LogP contribution in [-0.2, 0) is 68.5 Å². The molecule has 0 radical (unpaired) electrons. The number of aliphatic hydroxyl groups excluding tert-OH is 8. The van der Waals surface area contributed by atoms with Crippen molar-refractivity contribution in [3.63, 3.8) is 0 Å². The number of Topliss-reactive ketones (excluding diaryl/α,β-unsaturated/α-hetero) is 2. The third kappa shape index (κ3) is 19.5. The number of benzene rings is 6. The number of H-pyrrole nitrogens is 1. The minimum atomic E-state index is -2.32. The lowest BCUT2D eigenvalue weighted by Crippen LogP contribution is -2.64. The van der Waals surface area contributed by atoms with E-state index >= 15 is 24.0 Å². The zero-order chi connectivity index (χ0) is 88.6. The summed E-state index contributed by atoms with van der Waals surface area (Å²) < 4.78 is 51.5. The van der Waals surface area contributed by atoms with Crippen molar-refractivity contribution in [3.8, 4) is 57.1 Å². The van der Waals surface area contributed by atoms with Gasteiger partial charge in [-0.25, -0.2) is 4.79 Å². The van der Waals surface area contributed by atoms with E-state index in [9.17, 15) is 75.7 Å². The molecule has 37 heteroatoms.